The molecule has 8 aromatic rings. The van der Waals surface area contributed by atoms with Crippen molar-refractivity contribution in [1.82, 2.24) is 0 Å². The van der Waals surface area contributed by atoms with Crippen LogP contribution in [0.15, 0.2) is 183 Å². The Morgan fingerprint density at radius 3 is 1.62 bits per heavy atom. The zero-order chi connectivity index (χ0) is 31.7. The number of rotatable bonds is 6. The van der Waals surface area contributed by atoms with E-state index >= 15 is 0 Å². The van der Waals surface area contributed by atoms with Gasteiger partial charge in [0.05, 0.1) is 0 Å². The van der Waals surface area contributed by atoms with Crippen LogP contribution in [0.2, 0.25) is 0 Å². The maximum Gasteiger partial charge on any atom is -0.00201 e. The van der Waals surface area contributed by atoms with Crippen molar-refractivity contribution in [3.05, 3.63) is 188 Å². The van der Waals surface area contributed by atoms with Crippen LogP contribution in [0.3, 0.4) is 0 Å². The third-order valence-corrected chi connectivity index (χ3v) is 9.34. The smallest absolute Gasteiger partial charge is 0.00201 e. The zero-order valence-electron chi connectivity index (χ0n) is 26.5. The Morgan fingerprint density at radius 1 is 0.468 bits per heavy atom. The Balaban J connectivity index is 1.36. The van der Waals surface area contributed by atoms with Crippen LogP contribution in [0.1, 0.15) is 12.5 Å². The molecule has 0 nitrogen and oxygen atoms in total. The Kier molecular flexibility index (Phi) is 7.32. The minimum atomic E-state index is 1.15. The van der Waals surface area contributed by atoms with Gasteiger partial charge in [0.15, 0.2) is 0 Å². The molecular formula is C47H34. The summed E-state index contributed by atoms with van der Waals surface area (Å²) in [6, 6.07) is 55.5. The molecule has 0 amide bonds. The van der Waals surface area contributed by atoms with Gasteiger partial charge in [0.25, 0.3) is 0 Å². The summed E-state index contributed by atoms with van der Waals surface area (Å²) in [6.45, 7) is 6.06. The molecule has 0 aliphatic heterocycles. The van der Waals surface area contributed by atoms with Gasteiger partial charge in [-0.2, -0.15) is 0 Å². The molecule has 0 saturated carbocycles. The van der Waals surface area contributed by atoms with Crippen molar-refractivity contribution >= 4 is 48.7 Å². The van der Waals surface area contributed by atoms with Gasteiger partial charge in [-0.1, -0.05) is 176 Å². The van der Waals surface area contributed by atoms with Gasteiger partial charge in [0, 0.05) is 0 Å². The second kappa shape index (κ2) is 12.1. The van der Waals surface area contributed by atoms with Crippen LogP contribution < -0.4 is 0 Å². The van der Waals surface area contributed by atoms with Gasteiger partial charge in [0.1, 0.15) is 0 Å². The Morgan fingerprint density at radius 2 is 0.979 bits per heavy atom. The largest absolute Gasteiger partial charge is 0.0990 e. The maximum atomic E-state index is 4.00. The van der Waals surface area contributed by atoms with E-state index in [-0.39, 0.29) is 0 Å². The molecule has 0 heteroatoms. The Labute approximate surface area is 276 Å². The minimum Gasteiger partial charge on any atom is -0.0990 e. The highest BCUT2D eigenvalue weighted by atomic mass is 14.2. The molecule has 0 aliphatic rings. The molecule has 0 heterocycles. The van der Waals surface area contributed by atoms with Crippen molar-refractivity contribution in [2.75, 3.05) is 0 Å². The van der Waals surface area contributed by atoms with Crippen LogP contribution in [-0.2, 0) is 0 Å². The van der Waals surface area contributed by atoms with E-state index in [0.29, 0.717) is 0 Å². The molecular weight excluding hydrogens is 565 g/mol. The number of allylic oxidation sites excluding steroid dienone is 5. The molecule has 0 aliphatic carbocycles. The average Bonchev–Trinajstić information content (AvgIpc) is 3.13. The Hall–Kier alpha value is -5.98. The second-order valence-electron chi connectivity index (χ2n) is 12.0. The minimum absolute atomic E-state index is 1.15. The number of hydrogen-bond donors (Lipinski definition) is 0. The van der Waals surface area contributed by atoms with Crippen molar-refractivity contribution in [1.29, 1.82) is 0 Å². The van der Waals surface area contributed by atoms with Crippen LogP contribution in [0.25, 0.3) is 82.0 Å². The standard InChI is InChI=1S/C47H34/c1-3-15-32(16-4-2)36-18-7-10-22-40(36)47-43-25-13-11-23-41(43)46(42-24-12-14-26-44(42)47)34-29-27-33(28-30-34)45-31-35-17-5-6-19-37(35)38-20-8-9-21-39(38)45/h3-31H,1H2,2H3/b16-4-,32-15+. The lowest BCUT2D eigenvalue weighted by Gasteiger charge is -2.20. The molecule has 0 saturated heterocycles. The molecule has 8 rings (SSSR count). The first-order valence-corrected chi connectivity index (χ1v) is 16.3. The molecule has 0 spiro atoms. The second-order valence-corrected chi connectivity index (χ2v) is 12.0. The van der Waals surface area contributed by atoms with Crippen molar-refractivity contribution in [3.8, 4) is 33.4 Å². The number of benzene rings is 8. The summed E-state index contributed by atoms with van der Waals surface area (Å²) in [5.74, 6) is 0. The van der Waals surface area contributed by atoms with E-state index in [1.807, 2.05) is 6.08 Å². The van der Waals surface area contributed by atoms with E-state index in [1.54, 1.807) is 0 Å². The van der Waals surface area contributed by atoms with Gasteiger partial charge in [-0.25, -0.2) is 0 Å². The zero-order valence-corrected chi connectivity index (χ0v) is 26.5. The first kappa shape index (κ1) is 28.5. The highest BCUT2D eigenvalue weighted by Gasteiger charge is 2.19. The average molecular weight is 599 g/mol. The van der Waals surface area contributed by atoms with Crippen LogP contribution >= 0.6 is 0 Å². The number of fused-ring (bicyclic) bond motifs is 5. The highest BCUT2D eigenvalue weighted by Crippen LogP contribution is 2.46. The molecule has 47 heavy (non-hydrogen) atoms. The van der Waals surface area contributed by atoms with E-state index < -0.39 is 0 Å². The van der Waals surface area contributed by atoms with Crippen molar-refractivity contribution in [2.24, 2.45) is 0 Å². The summed E-state index contributed by atoms with van der Waals surface area (Å²) in [6.07, 6.45) is 8.23. The van der Waals surface area contributed by atoms with E-state index in [4.69, 9.17) is 0 Å². The van der Waals surface area contributed by atoms with Crippen molar-refractivity contribution in [2.45, 2.75) is 6.92 Å². The fraction of sp³-hybridized carbons (Fsp3) is 0.0213. The summed E-state index contributed by atoms with van der Waals surface area (Å²) in [4.78, 5) is 0. The van der Waals surface area contributed by atoms with E-state index in [0.717, 1.165) is 5.57 Å². The fourth-order valence-corrected chi connectivity index (χ4v) is 7.33. The molecule has 0 aromatic heterocycles. The van der Waals surface area contributed by atoms with Crippen LogP contribution in [0, 0.1) is 0 Å². The van der Waals surface area contributed by atoms with Crippen LogP contribution in [-0.4, -0.2) is 0 Å². The van der Waals surface area contributed by atoms with E-state index in [2.05, 4.69) is 183 Å². The lowest BCUT2D eigenvalue weighted by molar-refractivity contribution is 1.59. The quantitative estimate of drug-likeness (QED) is 0.101. The lowest BCUT2D eigenvalue weighted by Crippen LogP contribution is -1.94. The maximum absolute atomic E-state index is 4.00. The van der Waals surface area contributed by atoms with Crippen LogP contribution in [0.4, 0.5) is 0 Å². The molecule has 0 radical (unpaired) electrons. The monoisotopic (exact) mass is 598 g/mol. The van der Waals surface area contributed by atoms with Crippen LogP contribution in [0.5, 0.6) is 0 Å². The van der Waals surface area contributed by atoms with Gasteiger partial charge >= 0.3 is 0 Å². The molecule has 0 unspecified atom stereocenters. The van der Waals surface area contributed by atoms with Gasteiger partial charge in [-0.3, -0.25) is 0 Å². The number of hydrogen-bond acceptors (Lipinski definition) is 0. The van der Waals surface area contributed by atoms with Crippen molar-refractivity contribution in [3.63, 3.8) is 0 Å². The summed E-state index contributed by atoms with van der Waals surface area (Å²) in [7, 11) is 0. The van der Waals surface area contributed by atoms with E-state index in [1.165, 1.54) is 82.0 Å². The van der Waals surface area contributed by atoms with Gasteiger partial charge in [-0.05, 0) is 101 Å². The van der Waals surface area contributed by atoms with E-state index in [9.17, 15) is 0 Å². The molecule has 8 aromatic carbocycles. The topological polar surface area (TPSA) is 0 Å². The lowest BCUT2D eigenvalue weighted by atomic mass is 9.83. The summed E-state index contributed by atoms with van der Waals surface area (Å²) >= 11 is 0. The Bertz CT molecular complexity index is 2470. The summed E-state index contributed by atoms with van der Waals surface area (Å²) in [5, 5.41) is 10.1. The molecule has 0 N–H and O–H groups in total. The third-order valence-electron chi connectivity index (χ3n) is 9.34. The SMILES string of the molecule is C=C/C=C(\C=C/C)c1ccccc1-c1c2ccccc2c(-c2ccc(-c3cc4ccccc4c4ccccc34)cc2)c2ccccc12. The predicted molar refractivity (Wildman–Crippen MR) is 206 cm³/mol. The molecule has 0 atom stereocenters. The van der Waals surface area contributed by atoms with Gasteiger partial charge < -0.3 is 0 Å². The summed E-state index contributed by atoms with van der Waals surface area (Å²) in [5.41, 5.74) is 9.78. The normalized spacial score (nSPS) is 12.1. The molecule has 0 bridgehead atoms. The third kappa shape index (κ3) is 4.87. The summed E-state index contributed by atoms with van der Waals surface area (Å²) < 4.78 is 0. The first-order chi connectivity index (χ1) is 23.3. The highest BCUT2D eigenvalue weighted by molar-refractivity contribution is 6.22. The first-order valence-electron chi connectivity index (χ1n) is 16.3. The molecule has 0 fully saturated rings. The fourth-order valence-electron chi connectivity index (χ4n) is 7.33. The predicted octanol–water partition coefficient (Wildman–Crippen LogP) is 13.4. The van der Waals surface area contributed by atoms with Crippen molar-refractivity contribution < 1.29 is 0 Å². The molecule has 222 valence electrons. The van der Waals surface area contributed by atoms with Gasteiger partial charge in [-0.15, -0.1) is 0 Å². The van der Waals surface area contributed by atoms with Gasteiger partial charge in [0.2, 0.25) is 0 Å².